The van der Waals surface area contributed by atoms with Crippen molar-refractivity contribution in [2.45, 2.75) is 12.5 Å². The Labute approximate surface area is 230 Å². The highest BCUT2D eigenvalue weighted by Gasteiger charge is 2.29. The molecule has 3 heterocycles. The van der Waals surface area contributed by atoms with Crippen LogP contribution >= 0.6 is 11.3 Å². The van der Waals surface area contributed by atoms with Gasteiger partial charge in [-0.3, -0.25) is 9.59 Å². The Hall–Kier alpha value is -4.27. The van der Waals surface area contributed by atoms with Crippen LogP contribution in [0, 0.1) is 0 Å². The first-order valence-corrected chi connectivity index (χ1v) is 13.7. The molecule has 3 aromatic carbocycles. The fourth-order valence-corrected chi connectivity index (χ4v) is 6.29. The molecule has 1 fully saturated rings. The van der Waals surface area contributed by atoms with Crippen molar-refractivity contribution in [2.75, 3.05) is 36.5 Å². The molecule has 3 amide bonds. The van der Waals surface area contributed by atoms with Gasteiger partial charge in [0.2, 0.25) is 0 Å². The van der Waals surface area contributed by atoms with E-state index < -0.39 is 0 Å². The second kappa shape index (κ2) is 10.8. The van der Waals surface area contributed by atoms with Crippen molar-refractivity contribution in [3.8, 4) is 10.4 Å². The van der Waals surface area contributed by atoms with E-state index in [0.717, 1.165) is 33.5 Å². The Bertz CT molecular complexity index is 1520. The fourth-order valence-electron chi connectivity index (χ4n) is 5.23. The Morgan fingerprint density at radius 2 is 1.72 bits per heavy atom. The van der Waals surface area contributed by atoms with Crippen molar-refractivity contribution in [1.82, 2.24) is 4.90 Å². The molecule has 196 valence electrons. The smallest absolute Gasteiger partial charge is 0.322 e. The zero-order chi connectivity index (χ0) is 26.8. The third-order valence-corrected chi connectivity index (χ3v) is 8.33. The standard InChI is InChI=1S/C31H27N3O4S/c35-19-25-18-23-14-15-33(27-9-5-4-8-26(27)29(23)39-25)30(36)22-10-12-24(13-11-22)32-31(37)34-16-17-38-20-28(34)21-6-2-1-3-7-21/h1-13,18-19,28H,14-17,20H2,(H,32,37). The molecule has 0 radical (unpaired) electrons. The molecule has 1 saturated heterocycles. The summed E-state index contributed by atoms with van der Waals surface area (Å²) < 4.78 is 5.65. The molecule has 8 heteroatoms. The molecule has 2 aliphatic heterocycles. The quantitative estimate of drug-likeness (QED) is 0.322. The van der Waals surface area contributed by atoms with Gasteiger partial charge in [0, 0.05) is 34.8 Å². The van der Waals surface area contributed by atoms with Gasteiger partial charge in [0.05, 0.1) is 29.8 Å². The fraction of sp³-hybridized carbons (Fsp3) is 0.194. The topological polar surface area (TPSA) is 79.0 Å². The summed E-state index contributed by atoms with van der Waals surface area (Å²) in [6.45, 7) is 1.94. The minimum absolute atomic E-state index is 0.108. The number of hydrogen-bond donors (Lipinski definition) is 1. The zero-order valence-electron chi connectivity index (χ0n) is 21.2. The largest absolute Gasteiger partial charge is 0.377 e. The number of nitrogens with zero attached hydrogens (tertiary/aromatic N) is 2. The molecule has 1 aromatic heterocycles. The Balaban J connectivity index is 1.19. The van der Waals surface area contributed by atoms with Crippen molar-refractivity contribution in [3.05, 3.63) is 106 Å². The van der Waals surface area contributed by atoms with Gasteiger partial charge in [-0.25, -0.2) is 4.79 Å². The number of hydrogen-bond acceptors (Lipinski definition) is 5. The molecule has 1 N–H and O–H groups in total. The number of aldehydes is 1. The number of morpholine rings is 1. The molecular weight excluding hydrogens is 510 g/mol. The van der Waals surface area contributed by atoms with Gasteiger partial charge in [0.15, 0.2) is 6.29 Å². The second-order valence-electron chi connectivity index (χ2n) is 9.55. The van der Waals surface area contributed by atoms with E-state index in [2.05, 4.69) is 5.32 Å². The third-order valence-electron chi connectivity index (χ3n) is 7.19. The number of fused-ring (bicyclic) bond motifs is 3. The number of rotatable bonds is 4. The van der Waals surface area contributed by atoms with E-state index in [1.807, 2.05) is 60.7 Å². The van der Waals surface area contributed by atoms with E-state index in [1.165, 1.54) is 11.3 Å². The Morgan fingerprint density at radius 1 is 0.949 bits per heavy atom. The number of anilines is 2. The first-order valence-electron chi connectivity index (χ1n) is 12.9. The number of carbonyl (C=O) groups excluding carboxylic acids is 3. The summed E-state index contributed by atoms with van der Waals surface area (Å²) in [4.78, 5) is 43.5. The van der Waals surface area contributed by atoms with Crippen molar-refractivity contribution >= 4 is 40.9 Å². The van der Waals surface area contributed by atoms with Crippen LogP contribution in [0.15, 0.2) is 84.9 Å². The summed E-state index contributed by atoms with van der Waals surface area (Å²) in [6, 6.07) is 26.3. The minimum Gasteiger partial charge on any atom is -0.377 e. The number of ether oxygens (including phenoxy) is 1. The number of nitrogens with one attached hydrogen (secondary N) is 1. The van der Waals surface area contributed by atoms with Gasteiger partial charge in [-0.05, 0) is 53.9 Å². The van der Waals surface area contributed by atoms with Crippen LogP contribution in [-0.4, -0.2) is 49.4 Å². The van der Waals surface area contributed by atoms with Crippen LogP contribution in [-0.2, 0) is 11.2 Å². The molecule has 1 atom stereocenters. The van der Waals surface area contributed by atoms with E-state index in [1.54, 1.807) is 34.1 Å². The number of para-hydroxylation sites is 1. The van der Waals surface area contributed by atoms with E-state index >= 15 is 0 Å². The second-order valence-corrected chi connectivity index (χ2v) is 10.6. The van der Waals surface area contributed by atoms with Crippen LogP contribution in [0.2, 0.25) is 0 Å². The van der Waals surface area contributed by atoms with Crippen LogP contribution in [0.5, 0.6) is 0 Å². The molecule has 0 bridgehead atoms. The minimum atomic E-state index is -0.200. The van der Waals surface area contributed by atoms with Gasteiger partial charge in [-0.2, -0.15) is 0 Å². The summed E-state index contributed by atoms with van der Waals surface area (Å²) >= 11 is 1.46. The highest BCUT2D eigenvalue weighted by molar-refractivity contribution is 7.17. The maximum Gasteiger partial charge on any atom is 0.322 e. The van der Waals surface area contributed by atoms with Gasteiger partial charge >= 0.3 is 6.03 Å². The lowest BCUT2D eigenvalue weighted by molar-refractivity contribution is 0.0148. The van der Waals surface area contributed by atoms with E-state index in [4.69, 9.17) is 4.74 Å². The molecule has 0 aliphatic carbocycles. The number of carbonyl (C=O) groups is 3. The first kappa shape index (κ1) is 25.0. The Kier molecular flexibility index (Phi) is 6.96. The highest BCUT2D eigenvalue weighted by Crippen LogP contribution is 2.41. The molecule has 39 heavy (non-hydrogen) atoms. The van der Waals surface area contributed by atoms with Crippen LogP contribution < -0.4 is 10.2 Å². The van der Waals surface area contributed by atoms with Crippen LogP contribution in [0.25, 0.3) is 10.4 Å². The molecule has 4 aromatic rings. The lowest BCUT2D eigenvalue weighted by atomic mass is 10.1. The molecular formula is C31H27N3O4S. The summed E-state index contributed by atoms with van der Waals surface area (Å²) in [6.07, 6.45) is 1.54. The van der Waals surface area contributed by atoms with Crippen LogP contribution in [0.3, 0.4) is 0 Å². The predicted octanol–water partition coefficient (Wildman–Crippen LogP) is 6.04. The SMILES string of the molecule is O=Cc1cc2c(s1)-c1ccccc1N(C(=O)c1ccc(NC(=O)N3CCOCC3c3ccccc3)cc1)CC2. The van der Waals surface area contributed by atoms with Gasteiger partial charge in [-0.15, -0.1) is 11.3 Å². The molecule has 6 rings (SSSR count). The van der Waals surface area contributed by atoms with Gasteiger partial charge in [0.25, 0.3) is 5.91 Å². The monoisotopic (exact) mass is 537 g/mol. The molecule has 7 nitrogen and oxygen atoms in total. The first-order chi connectivity index (χ1) is 19.1. The zero-order valence-corrected chi connectivity index (χ0v) is 22.0. The Morgan fingerprint density at radius 3 is 2.51 bits per heavy atom. The summed E-state index contributed by atoms with van der Waals surface area (Å²) in [5.74, 6) is -0.108. The van der Waals surface area contributed by atoms with Crippen LogP contribution in [0.1, 0.15) is 37.2 Å². The summed E-state index contributed by atoms with van der Waals surface area (Å²) in [5, 5.41) is 2.98. The maximum absolute atomic E-state index is 13.7. The number of amides is 3. The average molecular weight is 538 g/mol. The number of benzene rings is 3. The van der Waals surface area contributed by atoms with Gasteiger partial charge in [0.1, 0.15) is 0 Å². The lowest BCUT2D eigenvalue weighted by Crippen LogP contribution is -2.45. The van der Waals surface area contributed by atoms with Crippen molar-refractivity contribution in [3.63, 3.8) is 0 Å². The average Bonchev–Trinajstić information content (AvgIpc) is 3.35. The molecule has 2 aliphatic rings. The van der Waals surface area contributed by atoms with Crippen molar-refractivity contribution in [2.24, 2.45) is 0 Å². The molecule has 0 spiro atoms. The maximum atomic E-state index is 13.7. The van der Waals surface area contributed by atoms with E-state index in [0.29, 0.717) is 48.9 Å². The molecule has 1 unspecified atom stereocenters. The lowest BCUT2D eigenvalue weighted by Gasteiger charge is -2.35. The van der Waals surface area contributed by atoms with Crippen molar-refractivity contribution in [1.29, 1.82) is 0 Å². The number of urea groups is 1. The normalized spacial score (nSPS) is 16.6. The highest BCUT2D eigenvalue weighted by atomic mass is 32.1. The van der Waals surface area contributed by atoms with Gasteiger partial charge in [-0.1, -0.05) is 48.5 Å². The third kappa shape index (κ3) is 4.96. The number of thiophene rings is 1. The summed E-state index contributed by atoms with van der Waals surface area (Å²) in [7, 11) is 0. The predicted molar refractivity (Wildman–Crippen MR) is 153 cm³/mol. The van der Waals surface area contributed by atoms with E-state index in [9.17, 15) is 14.4 Å². The van der Waals surface area contributed by atoms with Crippen molar-refractivity contribution < 1.29 is 19.1 Å². The molecule has 0 saturated carbocycles. The van der Waals surface area contributed by atoms with Crippen LogP contribution in [0.4, 0.5) is 16.2 Å². The van der Waals surface area contributed by atoms with Gasteiger partial charge < -0.3 is 19.9 Å². The summed E-state index contributed by atoms with van der Waals surface area (Å²) in [5.41, 5.74) is 5.06. The van der Waals surface area contributed by atoms with E-state index in [-0.39, 0.29) is 18.0 Å².